The van der Waals surface area contributed by atoms with Crippen LogP contribution in [-0.2, 0) is 16.0 Å². The minimum Gasteiger partial charge on any atom is -0.356 e. The molecule has 0 bridgehead atoms. The van der Waals surface area contributed by atoms with Gasteiger partial charge in [0, 0.05) is 25.9 Å². The molecule has 1 aliphatic heterocycles. The van der Waals surface area contributed by atoms with Crippen LogP contribution in [0.2, 0.25) is 0 Å². The van der Waals surface area contributed by atoms with Crippen LogP contribution < -0.4 is 10.2 Å². The van der Waals surface area contributed by atoms with Crippen LogP contribution in [0.3, 0.4) is 0 Å². The summed E-state index contributed by atoms with van der Waals surface area (Å²) in [6.07, 6.45) is 5.89. The first kappa shape index (κ1) is 18.1. The summed E-state index contributed by atoms with van der Waals surface area (Å²) in [5.41, 5.74) is 1.16. The third kappa shape index (κ3) is 4.35. The van der Waals surface area contributed by atoms with Crippen LogP contribution in [0.5, 0.6) is 0 Å². The van der Waals surface area contributed by atoms with E-state index in [1.54, 1.807) is 4.90 Å². The Morgan fingerprint density at radius 3 is 2.78 bits per heavy atom. The molecule has 2 fully saturated rings. The fourth-order valence-corrected chi connectivity index (χ4v) is 4.49. The normalized spacial score (nSPS) is 19.9. The molecule has 1 unspecified atom stereocenters. The van der Waals surface area contributed by atoms with Crippen LogP contribution in [-0.4, -0.2) is 35.1 Å². The van der Waals surface area contributed by atoms with Gasteiger partial charge in [-0.3, -0.25) is 14.5 Å². The Balaban J connectivity index is 1.31. The number of carbonyl (C=O) groups is 2. The van der Waals surface area contributed by atoms with E-state index >= 15 is 0 Å². The Morgan fingerprint density at radius 1 is 1.22 bits per heavy atom. The Bertz CT molecular complexity index is 803. The van der Waals surface area contributed by atoms with E-state index in [9.17, 15) is 9.59 Å². The summed E-state index contributed by atoms with van der Waals surface area (Å²) in [6.45, 7) is 1.11. The SMILES string of the molecule is O=C(NCCC1CCC1)C1CC(=O)N(c2nnc(Cc3ccccc3)s2)C1. The number of rotatable bonds is 7. The monoisotopic (exact) mass is 384 g/mol. The van der Waals surface area contributed by atoms with Gasteiger partial charge in [-0.05, 0) is 17.9 Å². The van der Waals surface area contributed by atoms with Crippen molar-refractivity contribution in [3.8, 4) is 0 Å². The number of carbonyl (C=O) groups excluding carboxylic acids is 2. The first-order valence-corrected chi connectivity index (χ1v) is 10.4. The minimum absolute atomic E-state index is 0.0146. The number of nitrogens with one attached hydrogen (secondary N) is 1. The van der Waals surface area contributed by atoms with Crippen LogP contribution in [0, 0.1) is 11.8 Å². The summed E-state index contributed by atoms with van der Waals surface area (Å²) in [5.74, 6) is 0.424. The van der Waals surface area contributed by atoms with E-state index in [1.807, 2.05) is 30.3 Å². The summed E-state index contributed by atoms with van der Waals surface area (Å²) < 4.78 is 0. The van der Waals surface area contributed by atoms with Crippen molar-refractivity contribution < 1.29 is 9.59 Å². The lowest BCUT2D eigenvalue weighted by Crippen LogP contribution is -2.34. The molecule has 2 heterocycles. The summed E-state index contributed by atoms with van der Waals surface area (Å²) in [4.78, 5) is 26.4. The van der Waals surface area contributed by atoms with Gasteiger partial charge in [-0.1, -0.05) is 60.9 Å². The van der Waals surface area contributed by atoms with E-state index in [1.165, 1.54) is 30.6 Å². The average Bonchev–Trinajstić information content (AvgIpc) is 3.24. The molecule has 6 nitrogen and oxygen atoms in total. The average molecular weight is 385 g/mol. The summed E-state index contributed by atoms with van der Waals surface area (Å²) in [5, 5.41) is 12.9. The molecule has 1 N–H and O–H groups in total. The Morgan fingerprint density at radius 2 is 2.04 bits per heavy atom. The zero-order chi connectivity index (χ0) is 18.6. The van der Waals surface area contributed by atoms with Crippen LogP contribution in [0.15, 0.2) is 30.3 Å². The number of nitrogens with zero attached hydrogens (tertiary/aromatic N) is 3. The standard InChI is InChI=1S/C20H24N4O2S/c25-18-12-16(19(26)21-10-9-14-7-4-8-14)13-24(18)20-23-22-17(27-20)11-15-5-2-1-3-6-15/h1-3,5-6,14,16H,4,7-13H2,(H,21,26). The molecule has 4 rings (SSSR count). The third-order valence-electron chi connectivity index (χ3n) is 5.46. The van der Waals surface area contributed by atoms with Gasteiger partial charge >= 0.3 is 0 Å². The van der Waals surface area contributed by atoms with Gasteiger partial charge in [0.25, 0.3) is 0 Å². The van der Waals surface area contributed by atoms with Gasteiger partial charge in [0.05, 0.1) is 5.92 Å². The van der Waals surface area contributed by atoms with E-state index in [4.69, 9.17) is 0 Å². The topological polar surface area (TPSA) is 75.2 Å². The summed E-state index contributed by atoms with van der Waals surface area (Å²) in [7, 11) is 0. The molecular formula is C20H24N4O2S. The van der Waals surface area contributed by atoms with E-state index in [2.05, 4.69) is 15.5 Å². The zero-order valence-electron chi connectivity index (χ0n) is 15.3. The van der Waals surface area contributed by atoms with Gasteiger partial charge in [-0.2, -0.15) is 0 Å². The smallest absolute Gasteiger partial charge is 0.229 e. The number of hydrogen-bond acceptors (Lipinski definition) is 5. The van der Waals surface area contributed by atoms with E-state index in [0.717, 1.165) is 22.9 Å². The number of aromatic nitrogens is 2. The molecule has 142 valence electrons. The maximum atomic E-state index is 12.4. The van der Waals surface area contributed by atoms with Crippen molar-refractivity contribution >= 4 is 28.3 Å². The predicted molar refractivity (Wildman–Crippen MR) is 105 cm³/mol. The molecule has 7 heteroatoms. The maximum Gasteiger partial charge on any atom is 0.229 e. The first-order chi connectivity index (χ1) is 13.2. The maximum absolute atomic E-state index is 12.4. The lowest BCUT2D eigenvalue weighted by atomic mass is 9.83. The Hall–Kier alpha value is -2.28. The second-order valence-corrected chi connectivity index (χ2v) is 8.46. The van der Waals surface area contributed by atoms with Gasteiger partial charge in [0.1, 0.15) is 5.01 Å². The van der Waals surface area contributed by atoms with Crippen molar-refractivity contribution in [2.45, 2.75) is 38.5 Å². The Labute approximate surface area is 163 Å². The van der Waals surface area contributed by atoms with Gasteiger partial charge in [0.2, 0.25) is 16.9 Å². The summed E-state index contributed by atoms with van der Waals surface area (Å²) in [6, 6.07) is 10.1. The molecule has 1 aromatic carbocycles. The van der Waals surface area contributed by atoms with Crippen molar-refractivity contribution in [2.24, 2.45) is 11.8 Å². The first-order valence-electron chi connectivity index (χ1n) is 9.63. The predicted octanol–water partition coefficient (Wildman–Crippen LogP) is 2.79. The molecule has 27 heavy (non-hydrogen) atoms. The minimum atomic E-state index is -0.291. The fraction of sp³-hybridized carbons (Fsp3) is 0.500. The molecule has 0 spiro atoms. The second kappa shape index (κ2) is 8.17. The molecule has 2 aliphatic rings. The van der Waals surface area contributed by atoms with Crippen LogP contribution in [0.25, 0.3) is 0 Å². The zero-order valence-corrected chi connectivity index (χ0v) is 16.1. The molecule has 1 atom stereocenters. The highest BCUT2D eigenvalue weighted by molar-refractivity contribution is 7.15. The Kier molecular flexibility index (Phi) is 5.48. The fourth-order valence-electron chi connectivity index (χ4n) is 3.59. The van der Waals surface area contributed by atoms with Crippen molar-refractivity contribution in [3.63, 3.8) is 0 Å². The molecule has 0 radical (unpaired) electrons. The number of amides is 2. The lowest BCUT2D eigenvalue weighted by Gasteiger charge is -2.25. The molecular weight excluding hydrogens is 360 g/mol. The van der Waals surface area contributed by atoms with Crippen LogP contribution >= 0.6 is 11.3 Å². The van der Waals surface area contributed by atoms with E-state index in [0.29, 0.717) is 24.6 Å². The summed E-state index contributed by atoms with van der Waals surface area (Å²) >= 11 is 1.43. The highest BCUT2D eigenvalue weighted by atomic mass is 32.1. The number of hydrogen-bond donors (Lipinski definition) is 1. The number of benzene rings is 1. The van der Waals surface area contributed by atoms with Gasteiger partial charge in [-0.15, -0.1) is 10.2 Å². The largest absolute Gasteiger partial charge is 0.356 e. The van der Waals surface area contributed by atoms with E-state index < -0.39 is 0 Å². The van der Waals surface area contributed by atoms with Gasteiger partial charge in [-0.25, -0.2) is 0 Å². The molecule has 1 saturated heterocycles. The number of anilines is 1. The van der Waals surface area contributed by atoms with Crippen LogP contribution in [0.1, 0.15) is 42.7 Å². The third-order valence-corrected chi connectivity index (χ3v) is 6.40. The molecule has 1 saturated carbocycles. The molecule has 2 amide bonds. The van der Waals surface area contributed by atoms with E-state index in [-0.39, 0.29) is 24.2 Å². The molecule has 1 aliphatic carbocycles. The molecule has 1 aromatic heterocycles. The van der Waals surface area contributed by atoms with Crippen LogP contribution in [0.4, 0.5) is 5.13 Å². The highest BCUT2D eigenvalue weighted by Gasteiger charge is 2.36. The van der Waals surface area contributed by atoms with Crippen molar-refractivity contribution in [1.29, 1.82) is 0 Å². The van der Waals surface area contributed by atoms with Gasteiger partial charge < -0.3 is 5.32 Å². The van der Waals surface area contributed by atoms with Crippen molar-refractivity contribution in [3.05, 3.63) is 40.9 Å². The quantitative estimate of drug-likeness (QED) is 0.796. The lowest BCUT2D eigenvalue weighted by molar-refractivity contribution is -0.126. The second-order valence-electron chi connectivity index (χ2n) is 7.42. The van der Waals surface area contributed by atoms with Gasteiger partial charge in [0.15, 0.2) is 0 Å². The van der Waals surface area contributed by atoms with Crippen molar-refractivity contribution in [1.82, 2.24) is 15.5 Å². The van der Waals surface area contributed by atoms with Crippen molar-refractivity contribution in [2.75, 3.05) is 18.0 Å². The highest BCUT2D eigenvalue weighted by Crippen LogP contribution is 2.30. The molecule has 2 aromatic rings.